The van der Waals surface area contributed by atoms with E-state index in [0.29, 0.717) is 52.9 Å². The van der Waals surface area contributed by atoms with Gasteiger partial charge in [-0.15, -0.1) is 0 Å². The maximum Gasteiger partial charge on any atom is 0.0431 e. The van der Waals surface area contributed by atoms with Crippen LogP contribution in [0.25, 0.3) is 0 Å². The smallest absolute Gasteiger partial charge is 0.0431 e. The Morgan fingerprint density at radius 2 is 0.0909 bits per heavy atom. The first kappa shape index (κ1) is 94.1. The van der Waals surface area contributed by atoms with Crippen LogP contribution < -0.4 is 0 Å². The Morgan fingerprint density at radius 1 is 0.0568 bits per heavy atom. The van der Waals surface area contributed by atoms with E-state index in [4.69, 9.17) is 40.9 Å². The van der Waals surface area contributed by atoms with Gasteiger partial charge in [-0.25, -0.2) is 0 Å². The zero-order valence-electron chi connectivity index (χ0n) is 60.1. The van der Waals surface area contributed by atoms with Crippen LogP contribution in [0.4, 0.5) is 0 Å². The summed E-state index contributed by atoms with van der Waals surface area (Å²) >= 11 is 0. The summed E-state index contributed by atoms with van der Waals surface area (Å²) in [5.41, 5.74) is 0. The fraction of sp³-hybridized carbons (Fsp3) is 1.00. The molecule has 88 heavy (non-hydrogen) atoms. The van der Waals surface area contributed by atoms with Crippen molar-refractivity contribution < 1.29 is 40.9 Å². The third-order valence-electron chi connectivity index (χ3n) is 18.3. The molecule has 0 aliphatic carbocycles. The van der Waals surface area contributed by atoms with E-state index in [-0.39, 0.29) is 0 Å². The topological polar surface area (TPSA) is 162 Å². The summed E-state index contributed by atoms with van der Waals surface area (Å²) in [5, 5.41) is 69.5. The number of aliphatic hydroxyl groups is 8. The van der Waals surface area contributed by atoms with E-state index < -0.39 is 0 Å². The van der Waals surface area contributed by atoms with Gasteiger partial charge in [0.1, 0.15) is 0 Å². The number of unbranched alkanes of at least 4 members (excludes halogenated alkanes) is 68. The molecule has 0 bridgehead atoms. The van der Waals surface area contributed by atoms with Gasteiger partial charge in [-0.2, -0.15) is 0 Å². The van der Waals surface area contributed by atoms with Crippen molar-refractivity contribution in [2.45, 2.75) is 462 Å². The van der Waals surface area contributed by atoms with Gasteiger partial charge < -0.3 is 40.9 Å². The highest BCUT2D eigenvalue weighted by atomic mass is 16.3. The summed E-state index contributed by atoms with van der Waals surface area (Å²) < 4.78 is 0. The zero-order valence-corrected chi connectivity index (χ0v) is 60.1. The molecule has 0 radical (unpaired) electrons. The molecule has 536 valence electrons. The molecule has 0 rings (SSSR count). The Hall–Kier alpha value is -0.320. The second kappa shape index (κ2) is 100. The van der Waals surface area contributed by atoms with Crippen LogP contribution in [-0.2, 0) is 0 Å². The molecule has 8 heteroatoms. The lowest BCUT2D eigenvalue weighted by Gasteiger charge is -2.03. The minimum Gasteiger partial charge on any atom is -0.396 e. The van der Waals surface area contributed by atoms with Gasteiger partial charge in [0.2, 0.25) is 0 Å². The number of hydrogen-bond acceptors (Lipinski definition) is 8. The standard InChI is InChI=1S/4C20H42O2/c4*21-19-17-15-13-11-9-7-5-3-1-2-4-6-8-10-12-14-16-18-20-22/h4*21-22H,1-20H2. The van der Waals surface area contributed by atoms with Gasteiger partial charge in [0.25, 0.3) is 0 Å². The third-order valence-corrected chi connectivity index (χ3v) is 18.3. The van der Waals surface area contributed by atoms with Crippen molar-refractivity contribution in [3.63, 3.8) is 0 Å². The molecule has 0 saturated carbocycles. The molecule has 0 atom stereocenters. The number of aliphatic hydroxyl groups excluding tert-OH is 8. The van der Waals surface area contributed by atoms with E-state index in [1.807, 2.05) is 0 Å². The predicted octanol–water partition coefficient (Wildman–Crippen LogP) is 24.0. The second-order valence-electron chi connectivity index (χ2n) is 27.2. The van der Waals surface area contributed by atoms with Crippen LogP contribution in [0.3, 0.4) is 0 Å². The Kier molecular flexibility index (Phi) is 107. The molecule has 0 aromatic heterocycles. The van der Waals surface area contributed by atoms with Crippen LogP contribution in [0.2, 0.25) is 0 Å². The molecule has 0 spiro atoms. The fourth-order valence-corrected chi connectivity index (χ4v) is 12.2. The summed E-state index contributed by atoms with van der Waals surface area (Å²) in [6.07, 6.45) is 95.5. The Bertz CT molecular complexity index is 810. The SMILES string of the molecule is OCCCCCCCCCCCCCCCCCCCCO.OCCCCCCCCCCCCCCCCCCCCO.OCCCCCCCCCCCCCCCCCCCCO.OCCCCCCCCCCCCCCCCCCCCO. The second-order valence-corrected chi connectivity index (χ2v) is 27.2. The molecular formula is C80H168O8. The van der Waals surface area contributed by atoms with Crippen molar-refractivity contribution in [3.8, 4) is 0 Å². The molecule has 0 aliphatic rings. The van der Waals surface area contributed by atoms with Crippen LogP contribution >= 0.6 is 0 Å². The summed E-state index contributed by atoms with van der Waals surface area (Å²) in [4.78, 5) is 0. The van der Waals surface area contributed by atoms with Crippen LogP contribution in [0, 0.1) is 0 Å². The molecule has 0 aromatic carbocycles. The normalized spacial score (nSPS) is 11.2. The molecule has 0 unspecified atom stereocenters. The minimum atomic E-state index is 0.365. The third kappa shape index (κ3) is 107. The Labute approximate surface area is 553 Å². The minimum absolute atomic E-state index is 0.365. The molecule has 8 N–H and O–H groups in total. The molecule has 0 amide bonds. The van der Waals surface area contributed by atoms with Gasteiger partial charge in [0.05, 0.1) is 0 Å². The summed E-state index contributed by atoms with van der Waals surface area (Å²) in [6.45, 7) is 2.92. The van der Waals surface area contributed by atoms with Gasteiger partial charge in [-0.05, 0) is 51.4 Å². The first-order valence-electron chi connectivity index (χ1n) is 40.5. The van der Waals surface area contributed by atoms with Crippen molar-refractivity contribution in [2.75, 3.05) is 52.9 Å². The average Bonchev–Trinajstić information content (AvgIpc) is 3.54. The lowest BCUT2D eigenvalue weighted by atomic mass is 10.0. The zero-order chi connectivity index (χ0) is 64.6. The molecule has 0 fully saturated rings. The van der Waals surface area contributed by atoms with E-state index in [2.05, 4.69) is 0 Å². The lowest BCUT2D eigenvalue weighted by molar-refractivity contribution is 0.282. The quantitative estimate of drug-likeness (QED) is 0.0279. The number of rotatable bonds is 76. The molecular weight excluding hydrogens is 1090 g/mol. The maximum absolute atomic E-state index is 8.69. The van der Waals surface area contributed by atoms with Crippen LogP contribution in [0.5, 0.6) is 0 Å². The molecule has 8 nitrogen and oxygen atoms in total. The summed E-state index contributed by atoms with van der Waals surface area (Å²) in [6, 6.07) is 0. The lowest BCUT2D eigenvalue weighted by Crippen LogP contribution is -1.85. The predicted molar refractivity (Wildman–Crippen MR) is 389 cm³/mol. The van der Waals surface area contributed by atoms with Crippen molar-refractivity contribution in [1.82, 2.24) is 0 Å². The van der Waals surface area contributed by atoms with Crippen molar-refractivity contribution in [2.24, 2.45) is 0 Å². The van der Waals surface area contributed by atoms with E-state index >= 15 is 0 Å². The van der Waals surface area contributed by atoms with E-state index in [9.17, 15) is 0 Å². The molecule has 0 saturated heterocycles. The van der Waals surface area contributed by atoms with E-state index in [1.54, 1.807) is 0 Å². The maximum atomic E-state index is 8.69. The molecule has 0 aliphatic heterocycles. The Morgan fingerprint density at radius 3 is 0.125 bits per heavy atom. The molecule has 0 aromatic rings. The van der Waals surface area contributed by atoms with Gasteiger partial charge >= 0.3 is 0 Å². The van der Waals surface area contributed by atoms with Crippen LogP contribution in [-0.4, -0.2) is 93.7 Å². The van der Waals surface area contributed by atoms with Crippen LogP contribution in [0.15, 0.2) is 0 Å². The summed E-state index contributed by atoms with van der Waals surface area (Å²) in [5.74, 6) is 0. The average molecular weight is 1260 g/mol. The van der Waals surface area contributed by atoms with Gasteiger partial charge in [0, 0.05) is 52.9 Å². The van der Waals surface area contributed by atoms with E-state index in [1.165, 1.54) is 411 Å². The highest BCUT2D eigenvalue weighted by Gasteiger charge is 2.00. The van der Waals surface area contributed by atoms with Gasteiger partial charge in [-0.1, -0.05) is 411 Å². The first-order valence-corrected chi connectivity index (χ1v) is 40.5. The van der Waals surface area contributed by atoms with Gasteiger partial charge in [0.15, 0.2) is 0 Å². The summed E-state index contributed by atoms with van der Waals surface area (Å²) in [7, 11) is 0. The Balaban J connectivity index is -0.000000535. The first-order chi connectivity index (χ1) is 43.7. The number of hydrogen-bond donors (Lipinski definition) is 8. The monoisotopic (exact) mass is 1260 g/mol. The van der Waals surface area contributed by atoms with Gasteiger partial charge in [-0.3, -0.25) is 0 Å². The van der Waals surface area contributed by atoms with Crippen molar-refractivity contribution >= 4 is 0 Å². The van der Waals surface area contributed by atoms with Crippen molar-refractivity contribution in [3.05, 3.63) is 0 Å². The van der Waals surface area contributed by atoms with E-state index in [0.717, 1.165) is 51.4 Å². The highest BCUT2D eigenvalue weighted by molar-refractivity contribution is 4.56. The fourth-order valence-electron chi connectivity index (χ4n) is 12.2. The van der Waals surface area contributed by atoms with Crippen LogP contribution in [0.1, 0.15) is 462 Å². The van der Waals surface area contributed by atoms with Crippen molar-refractivity contribution in [1.29, 1.82) is 0 Å². The molecule has 0 heterocycles. The highest BCUT2D eigenvalue weighted by Crippen LogP contribution is 2.19. The largest absolute Gasteiger partial charge is 0.396 e.